The van der Waals surface area contributed by atoms with Gasteiger partial charge < -0.3 is 19.1 Å². The minimum atomic E-state index is -2.79. The van der Waals surface area contributed by atoms with Crippen molar-refractivity contribution in [3.8, 4) is 10.8 Å². The molecular formula is C21H22ClF2N6O4S2-. The van der Waals surface area contributed by atoms with Gasteiger partial charge in [0.1, 0.15) is 11.1 Å². The third-order valence-corrected chi connectivity index (χ3v) is 7.94. The summed E-state index contributed by atoms with van der Waals surface area (Å²) < 4.78 is 56.8. The standard InChI is InChI=1S/C21H23ClF2N6O4S2/c1-20(2,3)34-19(31)28-5-4-21(8-28)9-29(10-21)12-6-11(36(32)33)7-30-13(12)14(22)25-16(30)18-27-26-17(35-18)15(23)24/h6-7,15H,4-5,8-10H2,1-3H3,(H,32,33)/p-1. The van der Waals surface area contributed by atoms with Gasteiger partial charge in [-0.15, -0.1) is 10.2 Å². The number of ether oxygens (including phenoxy) is 1. The molecule has 1 atom stereocenters. The Morgan fingerprint density at radius 2 is 2.03 bits per heavy atom. The Bertz CT molecular complexity index is 1370. The molecule has 0 bridgehead atoms. The number of nitrogens with zero attached hydrogens (tertiary/aromatic N) is 6. The number of fused-ring (bicyclic) bond motifs is 1. The summed E-state index contributed by atoms with van der Waals surface area (Å²) >= 11 is 4.55. The minimum Gasteiger partial charge on any atom is -0.768 e. The van der Waals surface area contributed by atoms with E-state index in [4.69, 9.17) is 16.3 Å². The molecule has 1 amide bonds. The molecule has 0 saturated carbocycles. The Hall–Kier alpha value is -2.42. The van der Waals surface area contributed by atoms with Gasteiger partial charge in [0.15, 0.2) is 21.0 Å². The van der Waals surface area contributed by atoms with E-state index in [-0.39, 0.29) is 32.4 Å². The average molecular weight is 560 g/mol. The molecule has 5 heterocycles. The number of imidazole rings is 1. The molecule has 3 aromatic heterocycles. The second kappa shape index (κ2) is 8.85. The van der Waals surface area contributed by atoms with Gasteiger partial charge in [-0.1, -0.05) is 22.9 Å². The maximum Gasteiger partial charge on any atom is 0.410 e. The van der Waals surface area contributed by atoms with Gasteiger partial charge in [0.05, 0.1) is 5.69 Å². The molecule has 10 nitrogen and oxygen atoms in total. The van der Waals surface area contributed by atoms with Crippen molar-refractivity contribution in [3.05, 3.63) is 22.4 Å². The van der Waals surface area contributed by atoms with Crippen molar-refractivity contribution in [2.24, 2.45) is 5.41 Å². The van der Waals surface area contributed by atoms with Crippen LogP contribution in [0, 0.1) is 5.41 Å². The zero-order chi connectivity index (χ0) is 26.0. The van der Waals surface area contributed by atoms with Crippen LogP contribution in [0.15, 0.2) is 17.2 Å². The molecular weight excluding hydrogens is 538 g/mol. The third kappa shape index (κ3) is 4.55. The highest BCUT2D eigenvalue weighted by Crippen LogP contribution is 2.45. The lowest BCUT2D eigenvalue weighted by Gasteiger charge is -2.49. The summed E-state index contributed by atoms with van der Waals surface area (Å²) in [6, 6.07) is 1.51. The van der Waals surface area contributed by atoms with Gasteiger partial charge >= 0.3 is 6.09 Å². The Morgan fingerprint density at radius 1 is 1.31 bits per heavy atom. The lowest BCUT2D eigenvalue weighted by atomic mass is 9.78. The van der Waals surface area contributed by atoms with E-state index in [9.17, 15) is 22.3 Å². The molecule has 1 unspecified atom stereocenters. The number of rotatable bonds is 4. The molecule has 0 aromatic carbocycles. The van der Waals surface area contributed by atoms with E-state index in [0.717, 1.165) is 6.42 Å². The number of likely N-dealkylation sites (tertiary alicyclic amines) is 1. The number of aromatic nitrogens is 4. The highest BCUT2D eigenvalue weighted by molar-refractivity contribution is 7.79. The number of hydrogen-bond donors (Lipinski definition) is 0. The van der Waals surface area contributed by atoms with Gasteiger partial charge in [0.2, 0.25) is 0 Å². The zero-order valence-corrected chi connectivity index (χ0v) is 21.9. The van der Waals surface area contributed by atoms with Crippen molar-refractivity contribution in [2.75, 3.05) is 31.1 Å². The van der Waals surface area contributed by atoms with Crippen LogP contribution in [0.4, 0.5) is 19.3 Å². The van der Waals surface area contributed by atoms with Crippen LogP contribution in [-0.4, -0.2) is 71.1 Å². The van der Waals surface area contributed by atoms with Crippen molar-refractivity contribution < 1.29 is 27.1 Å². The Kier molecular flexibility index (Phi) is 6.21. The second-order valence-electron chi connectivity index (χ2n) is 9.99. The van der Waals surface area contributed by atoms with E-state index in [1.54, 1.807) is 4.90 Å². The van der Waals surface area contributed by atoms with Crippen molar-refractivity contribution in [1.29, 1.82) is 0 Å². The normalized spacial score (nSPS) is 18.3. The molecule has 2 aliphatic rings. The number of alkyl halides is 2. The number of carbonyl (C=O) groups is 1. The fourth-order valence-corrected chi connectivity index (χ4v) is 5.99. The number of hydrogen-bond acceptors (Lipinski definition) is 9. The van der Waals surface area contributed by atoms with E-state index >= 15 is 0 Å². The highest BCUT2D eigenvalue weighted by atomic mass is 35.5. The summed E-state index contributed by atoms with van der Waals surface area (Å²) in [4.78, 5) is 20.4. The van der Waals surface area contributed by atoms with Crippen molar-refractivity contribution in [2.45, 2.75) is 44.1 Å². The maximum atomic E-state index is 13.0. The Morgan fingerprint density at radius 3 is 2.64 bits per heavy atom. The third-order valence-electron chi connectivity index (χ3n) is 6.14. The van der Waals surface area contributed by atoms with Gasteiger partial charge in [-0.25, -0.2) is 18.6 Å². The second-order valence-corrected chi connectivity index (χ2v) is 12.3. The van der Waals surface area contributed by atoms with Crippen LogP contribution in [0.1, 0.15) is 38.6 Å². The quantitative estimate of drug-likeness (QED) is 0.438. The summed E-state index contributed by atoms with van der Waals surface area (Å²) in [7, 11) is 0. The molecule has 36 heavy (non-hydrogen) atoms. The highest BCUT2D eigenvalue weighted by Gasteiger charge is 2.50. The average Bonchev–Trinajstić information content (AvgIpc) is 3.48. The molecule has 2 fully saturated rings. The lowest BCUT2D eigenvalue weighted by Crippen LogP contribution is -2.58. The van der Waals surface area contributed by atoms with Crippen LogP contribution in [0.5, 0.6) is 0 Å². The molecule has 1 spiro atoms. The van der Waals surface area contributed by atoms with Crippen LogP contribution in [0.3, 0.4) is 0 Å². The van der Waals surface area contributed by atoms with Crippen molar-refractivity contribution in [3.63, 3.8) is 0 Å². The van der Waals surface area contributed by atoms with Crippen molar-refractivity contribution >= 4 is 51.3 Å². The van der Waals surface area contributed by atoms with Gasteiger partial charge in [0.25, 0.3) is 6.43 Å². The monoisotopic (exact) mass is 559 g/mol. The van der Waals surface area contributed by atoms with E-state index in [2.05, 4.69) is 15.2 Å². The van der Waals surface area contributed by atoms with E-state index in [1.807, 2.05) is 25.7 Å². The number of amides is 1. The first kappa shape index (κ1) is 25.2. The summed E-state index contributed by atoms with van der Waals surface area (Å²) in [5.74, 6) is 0.125. The van der Waals surface area contributed by atoms with E-state index < -0.39 is 28.1 Å². The van der Waals surface area contributed by atoms with E-state index in [0.29, 0.717) is 48.7 Å². The lowest BCUT2D eigenvalue weighted by molar-refractivity contribution is 0.0265. The first-order valence-electron chi connectivity index (χ1n) is 11.0. The number of carbonyl (C=O) groups excluding carboxylic acids is 1. The SMILES string of the molecule is CC(C)(C)OC(=O)N1CCC2(C1)CN(c1cc(S(=O)[O-])cn3c(-c4nnc(C(F)F)s4)nc(Cl)c13)C2. The molecule has 0 N–H and O–H groups in total. The molecule has 5 rings (SSSR count). The largest absolute Gasteiger partial charge is 0.768 e. The summed E-state index contributed by atoms with van der Waals surface area (Å²) in [5.41, 5.74) is 0.242. The molecule has 2 aliphatic heterocycles. The molecule has 15 heteroatoms. The van der Waals surface area contributed by atoms with Gasteiger partial charge in [0, 0.05) is 42.7 Å². The molecule has 0 radical (unpaired) electrons. The Labute approximate surface area is 216 Å². The zero-order valence-electron chi connectivity index (χ0n) is 19.5. The van der Waals surface area contributed by atoms with Crippen LogP contribution in [-0.2, 0) is 15.8 Å². The van der Waals surface area contributed by atoms with Crippen LogP contribution < -0.4 is 4.90 Å². The fourth-order valence-electron chi connectivity index (χ4n) is 4.63. The summed E-state index contributed by atoms with van der Waals surface area (Å²) in [5, 5.41) is 6.99. The van der Waals surface area contributed by atoms with Crippen LogP contribution in [0.2, 0.25) is 5.15 Å². The van der Waals surface area contributed by atoms with Crippen molar-refractivity contribution in [1.82, 2.24) is 24.5 Å². The van der Waals surface area contributed by atoms with Crippen LogP contribution >= 0.6 is 22.9 Å². The summed E-state index contributed by atoms with van der Waals surface area (Å²) in [6.07, 6.45) is -1.03. The molecule has 0 aliphatic carbocycles. The van der Waals surface area contributed by atoms with Gasteiger partial charge in [-0.05, 0) is 44.3 Å². The van der Waals surface area contributed by atoms with Gasteiger partial charge in [-0.3, -0.25) is 8.61 Å². The number of anilines is 1. The first-order valence-corrected chi connectivity index (χ1v) is 13.3. The topological polar surface area (TPSA) is 116 Å². The first-order chi connectivity index (χ1) is 16.9. The maximum absolute atomic E-state index is 13.0. The predicted octanol–water partition coefficient (Wildman–Crippen LogP) is 4.13. The summed E-state index contributed by atoms with van der Waals surface area (Å²) in [6.45, 7) is 7.70. The van der Waals surface area contributed by atoms with Gasteiger partial charge in [-0.2, -0.15) is 0 Å². The predicted molar refractivity (Wildman–Crippen MR) is 128 cm³/mol. The van der Waals surface area contributed by atoms with E-state index in [1.165, 1.54) is 16.7 Å². The molecule has 194 valence electrons. The minimum absolute atomic E-state index is 0.0193. The smallest absolute Gasteiger partial charge is 0.410 e. The number of halogens is 3. The Balaban J connectivity index is 1.45. The molecule has 2 saturated heterocycles. The number of pyridine rings is 1. The fraction of sp³-hybridized carbons (Fsp3) is 0.524. The molecule has 3 aromatic rings. The van der Waals surface area contributed by atoms with Crippen LogP contribution in [0.25, 0.3) is 16.3 Å².